The number of halogens is 3. The Hall–Kier alpha value is -0.980. The Labute approximate surface area is 140 Å². The molecule has 0 aliphatic carbocycles. The lowest BCUT2D eigenvalue weighted by atomic mass is 10.1. The minimum atomic E-state index is -0.254. The van der Waals surface area contributed by atoms with Crippen LogP contribution in [0.25, 0.3) is 0 Å². The van der Waals surface area contributed by atoms with Crippen molar-refractivity contribution in [2.45, 2.75) is 6.92 Å². The van der Waals surface area contributed by atoms with Gasteiger partial charge in [0.1, 0.15) is 0 Å². The van der Waals surface area contributed by atoms with Crippen LogP contribution in [0.4, 0.5) is 5.69 Å². The third kappa shape index (κ3) is 3.19. The van der Waals surface area contributed by atoms with Crippen molar-refractivity contribution in [1.82, 2.24) is 0 Å². The molecule has 0 fully saturated rings. The average molecular weight is 422 g/mol. The number of anilines is 1. The molecule has 0 saturated carbocycles. The maximum Gasteiger partial charge on any atom is 0.256 e. The van der Waals surface area contributed by atoms with Gasteiger partial charge in [0.2, 0.25) is 0 Å². The molecule has 0 spiro atoms. The van der Waals surface area contributed by atoms with E-state index >= 15 is 0 Å². The highest BCUT2D eigenvalue weighted by atomic mass is 127. The molecule has 1 amide bonds. The average Bonchev–Trinajstić information content (AvgIpc) is 2.39. The summed E-state index contributed by atoms with van der Waals surface area (Å²) in [5, 5.41) is 12.4. The molecule has 6 heteroatoms. The van der Waals surface area contributed by atoms with Crippen LogP contribution in [0.5, 0.6) is 5.75 Å². The van der Waals surface area contributed by atoms with Crippen LogP contribution < -0.4 is 5.32 Å². The van der Waals surface area contributed by atoms with Crippen LogP contribution in [0.2, 0.25) is 10.0 Å². The van der Waals surface area contributed by atoms with Crippen LogP contribution in [0.1, 0.15) is 15.9 Å². The Morgan fingerprint density at radius 2 is 1.85 bits per heavy atom. The Morgan fingerprint density at radius 3 is 2.45 bits per heavy atom. The number of carbonyl (C=O) groups is 1. The second-order valence-corrected chi connectivity index (χ2v) is 6.07. The van der Waals surface area contributed by atoms with E-state index in [-0.39, 0.29) is 21.7 Å². The molecule has 2 aromatic carbocycles. The first kappa shape index (κ1) is 15.4. The summed E-state index contributed by atoms with van der Waals surface area (Å²) in [6, 6.07) is 8.40. The summed E-state index contributed by atoms with van der Waals surface area (Å²) in [6.45, 7) is 1.94. The highest BCUT2D eigenvalue weighted by Crippen LogP contribution is 2.34. The smallest absolute Gasteiger partial charge is 0.256 e. The number of hydrogen-bond acceptors (Lipinski definition) is 2. The molecule has 0 heterocycles. The molecule has 0 bridgehead atoms. The summed E-state index contributed by atoms with van der Waals surface area (Å²) in [6.07, 6.45) is 0. The van der Waals surface area contributed by atoms with E-state index in [1.54, 1.807) is 6.07 Å². The van der Waals surface area contributed by atoms with Gasteiger partial charge in [-0.15, -0.1) is 0 Å². The highest BCUT2D eigenvalue weighted by Gasteiger charge is 2.13. The number of phenols is 1. The number of hydrogen-bond donors (Lipinski definition) is 2. The van der Waals surface area contributed by atoms with E-state index in [1.807, 2.05) is 19.1 Å². The molecular weight excluding hydrogens is 412 g/mol. The second kappa shape index (κ2) is 6.20. The molecule has 0 unspecified atom stereocenters. The van der Waals surface area contributed by atoms with Gasteiger partial charge in [0, 0.05) is 9.26 Å². The number of aryl methyl sites for hydroxylation is 1. The number of amides is 1. The van der Waals surface area contributed by atoms with E-state index in [1.165, 1.54) is 12.1 Å². The lowest BCUT2D eigenvalue weighted by molar-refractivity contribution is 0.102. The number of aromatic hydroxyl groups is 1. The monoisotopic (exact) mass is 421 g/mol. The van der Waals surface area contributed by atoms with Crippen LogP contribution in [0, 0.1) is 10.5 Å². The summed E-state index contributed by atoms with van der Waals surface area (Å²) in [7, 11) is 0. The van der Waals surface area contributed by atoms with Crippen molar-refractivity contribution in [1.29, 1.82) is 0 Å². The molecule has 2 aromatic rings. The minimum absolute atomic E-state index is 0.0896. The molecule has 0 saturated heterocycles. The van der Waals surface area contributed by atoms with Gasteiger partial charge in [-0.05, 0) is 53.3 Å². The van der Waals surface area contributed by atoms with Gasteiger partial charge in [-0.25, -0.2) is 0 Å². The van der Waals surface area contributed by atoms with Crippen molar-refractivity contribution in [2.24, 2.45) is 0 Å². The maximum atomic E-state index is 12.2. The Bertz CT molecular complexity index is 666. The van der Waals surface area contributed by atoms with Gasteiger partial charge in [-0.3, -0.25) is 4.79 Å². The molecule has 20 heavy (non-hydrogen) atoms. The summed E-state index contributed by atoms with van der Waals surface area (Å²) < 4.78 is 0.888. The van der Waals surface area contributed by atoms with Crippen molar-refractivity contribution < 1.29 is 9.90 Å². The van der Waals surface area contributed by atoms with Crippen LogP contribution >= 0.6 is 45.8 Å². The molecule has 0 aliphatic rings. The summed E-state index contributed by atoms with van der Waals surface area (Å²) in [5.74, 6) is -0.451. The molecule has 3 nitrogen and oxygen atoms in total. The molecule has 0 radical (unpaired) electrons. The van der Waals surface area contributed by atoms with Gasteiger partial charge in [-0.2, -0.15) is 0 Å². The fraction of sp³-hybridized carbons (Fsp3) is 0.0714. The normalized spacial score (nSPS) is 10.4. The summed E-state index contributed by atoms with van der Waals surface area (Å²) in [5.41, 5.74) is 2.03. The zero-order chi connectivity index (χ0) is 14.9. The number of nitrogens with one attached hydrogen (secondary N) is 1. The first-order valence-electron chi connectivity index (χ1n) is 5.64. The predicted octanol–water partition coefficient (Wildman–Crippen LogP) is 4.86. The minimum Gasteiger partial charge on any atom is -0.505 e. The molecule has 0 atom stereocenters. The molecule has 2 rings (SSSR count). The summed E-state index contributed by atoms with van der Waals surface area (Å²) in [4.78, 5) is 12.2. The lowest BCUT2D eigenvalue weighted by Gasteiger charge is -2.10. The van der Waals surface area contributed by atoms with Crippen LogP contribution in [-0.4, -0.2) is 11.0 Å². The third-order valence-electron chi connectivity index (χ3n) is 2.71. The van der Waals surface area contributed by atoms with E-state index in [0.717, 1.165) is 9.13 Å². The fourth-order valence-corrected chi connectivity index (χ4v) is 2.75. The molecule has 0 aliphatic heterocycles. The second-order valence-electron chi connectivity index (χ2n) is 4.18. The zero-order valence-electron chi connectivity index (χ0n) is 10.4. The number of benzene rings is 2. The van der Waals surface area contributed by atoms with Gasteiger partial charge in [0.25, 0.3) is 5.91 Å². The molecule has 2 N–H and O–H groups in total. The van der Waals surface area contributed by atoms with E-state index in [2.05, 4.69) is 27.9 Å². The Balaban J connectivity index is 2.30. The van der Waals surface area contributed by atoms with Gasteiger partial charge in [0.05, 0.1) is 15.6 Å². The zero-order valence-corrected chi connectivity index (χ0v) is 14.0. The number of phenolic OH excluding ortho intramolecular Hbond substituents is 1. The first-order valence-corrected chi connectivity index (χ1v) is 7.48. The van der Waals surface area contributed by atoms with E-state index in [9.17, 15) is 9.90 Å². The van der Waals surface area contributed by atoms with Gasteiger partial charge < -0.3 is 10.4 Å². The van der Waals surface area contributed by atoms with Gasteiger partial charge in [0.15, 0.2) is 5.75 Å². The predicted molar refractivity (Wildman–Crippen MR) is 90.0 cm³/mol. The molecule has 104 valence electrons. The largest absolute Gasteiger partial charge is 0.505 e. The van der Waals surface area contributed by atoms with Gasteiger partial charge >= 0.3 is 0 Å². The van der Waals surface area contributed by atoms with E-state index in [0.29, 0.717) is 11.3 Å². The topological polar surface area (TPSA) is 49.3 Å². The van der Waals surface area contributed by atoms with Crippen molar-refractivity contribution in [2.75, 3.05) is 5.32 Å². The van der Waals surface area contributed by atoms with Crippen molar-refractivity contribution >= 4 is 57.4 Å². The van der Waals surface area contributed by atoms with E-state index in [4.69, 9.17) is 23.2 Å². The Morgan fingerprint density at radius 1 is 1.25 bits per heavy atom. The first-order chi connectivity index (χ1) is 9.40. The van der Waals surface area contributed by atoms with Crippen LogP contribution in [-0.2, 0) is 0 Å². The lowest BCUT2D eigenvalue weighted by Crippen LogP contribution is -2.14. The standard InChI is InChI=1S/C14H10Cl2INO2/c1-7-3-2-4-9(12(7)17)14(20)18-8-5-10(15)13(19)11(16)6-8/h2-6,19H,1H3,(H,18,20). The van der Waals surface area contributed by atoms with Crippen LogP contribution in [0.3, 0.4) is 0 Å². The Kier molecular flexibility index (Phi) is 4.78. The van der Waals surface area contributed by atoms with Gasteiger partial charge in [-0.1, -0.05) is 35.3 Å². The fourth-order valence-electron chi connectivity index (χ4n) is 1.66. The van der Waals surface area contributed by atoms with Crippen LogP contribution in [0.15, 0.2) is 30.3 Å². The summed E-state index contributed by atoms with van der Waals surface area (Å²) >= 11 is 13.8. The molecule has 0 aromatic heterocycles. The van der Waals surface area contributed by atoms with Crippen molar-refractivity contribution in [3.05, 3.63) is 55.1 Å². The van der Waals surface area contributed by atoms with E-state index < -0.39 is 0 Å². The maximum absolute atomic E-state index is 12.2. The van der Waals surface area contributed by atoms with Crippen molar-refractivity contribution in [3.8, 4) is 5.75 Å². The SMILES string of the molecule is Cc1cccc(C(=O)Nc2cc(Cl)c(O)c(Cl)c2)c1I. The third-order valence-corrected chi connectivity index (χ3v) is 4.72. The molecular formula is C14H10Cl2INO2. The quantitative estimate of drug-likeness (QED) is 0.537. The number of carbonyl (C=O) groups excluding carboxylic acids is 1. The van der Waals surface area contributed by atoms with Crippen molar-refractivity contribution in [3.63, 3.8) is 0 Å². The number of rotatable bonds is 2. The highest BCUT2D eigenvalue weighted by molar-refractivity contribution is 14.1.